The van der Waals surface area contributed by atoms with Crippen molar-refractivity contribution in [3.8, 4) is 0 Å². The maximum Gasteiger partial charge on any atom is 0.149 e. The molecule has 1 aromatic rings. The monoisotopic (exact) mass is 206 g/mol. The Balaban J connectivity index is 2.41. The van der Waals surface area contributed by atoms with Crippen LogP contribution in [0.5, 0.6) is 0 Å². The lowest BCUT2D eigenvalue weighted by molar-refractivity contribution is -0.127. The van der Waals surface area contributed by atoms with Gasteiger partial charge in [0.05, 0.1) is 6.61 Å². The van der Waals surface area contributed by atoms with Crippen molar-refractivity contribution in [2.45, 2.75) is 26.1 Å². The zero-order chi connectivity index (χ0) is 11.1. The largest absolute Gasteiger partial charge is 0.366 e. The molecule has 0 aliphatic rings. The van der Waals surface area contributed by atoms with E-state index in [4.69, 9.17) is 4.74 Å². The van der Waals surface area contributed by atoms with Crippen molar-refractivity contribution in [2.75, 3.05) is 0 Å². The number of ether oxygens (including phenoxy) is 1. The summed E-state index contributed by atoms with van der Waals surface area (Å²) in [7, 11) is 0. The van der Waals surface area contributed by atoms with E-state index in [1.54, 1.807) is 0 Å². The highest BCUT2D eigenvalue weighted by Gasteiger charge is 2.10. The number of carbonyl (C=O) groups is 2. The Labute approximate surface area is 89.1 Å². The van der Waals surface area contributed by atoms with Gasteiger partial charge in [0.1, 0.15) is 18.2 Å². The van der Waals surface area contributed by atoms with Gasteiger partial charge in [-0.15, -0.1) is 0 Å². The van der Waals surface area contributed by atoms with Gasteiger partial charge in [0, 0.05) is 6.42 Å². The SMILES string of the molecule is CC(=O)C[C@@H](C=O)OCc1ccccc1. The van der Waals surface area contributed by atoms with Crippen molar-refractivity contribution in [3.05, 3.63) is 35.9 Å². The molecule has 15 heavy (non-hydrogen) atoms. The molecule has 0 aliphatic carbocycles. The summed E-state index contributed by atoms with van der Waals surface area (Å²) in [5.41, 5.74) is 0.993. The van der Waals surface area contributed by atoms with Crippen molar-refractivity contribution >= 4 is 12.1 Å². The summed E-state index contributed by atoms with van der Waals surface area (Å²) >= 11 is 0. The Morgan fingerprint density at radius 1 is 1.40 bits per heavy atom. The van der Waals surface area contributed by atoms with E-state index in [1.807, 2.05) is 30.3 Å². The highest BCUT2D eigenvalue weighted by molar-refractivity contribution is 5.79. The van der Waals surface area contributed by atoms with Crippen molar-refractivity contribution in [1.82, 2.24) is 0 Å². The van der Waals surface area contributed by atoms with Gasteiger partial charge in [-0.05, 0) is 12.5 Å². The molecule has 0 spiro atoms. The number of hydrogen-bond acceptors (Lipinski definition) is 3. The first kappa shape index (κ1) is 11.6. The molecule has 0 saturated heterocycles. The standard InChI is InChI=1S/C12H14O3/c1-10(14)7-12(8-13)15-9-11-5-3-2-4-6-11/h2-6,8,12H,7,9H2,1H3/t12-/m0/s1. The molecule has 0 aromatic heterocycles. The number of carbonyl (C=O) groups excluding carboxylic acids is 2. The van der Waals surface area contributed by atoms with Crippen LogP contribution < -0.4 is 0 Å². The fourth-order valence-corrected chi connectivity index (χ4v) is 1.21. The van der Waals surface area contributed by atoms with Crippen LogP contribution in [0.3, 0.4) is 0 Å². The van der Waals surface area contributed by atoms with E-state index < -0.39 is 6.10 Å². The van der Waals surface area contributed by atoms with E-state index in [1.165, 1.54) is 6.92 Å². The lowest BCUT2D eigenvalue weighted by Crippen LogP contribution is -2.17. The van der Waals surface area contributed by atoms with E-state index in [0.29, 0.717) is 12.9 Å². The number of ketones is 1. The second kappa shape index (κ2) is 6.09. The van der Waals surface area contributed by atoms with Crippen molar-refractivity contribution < 1.29 is 14.3 Å². The second-order valence-electron chi connectivity index (χ2n) is 3.38. The molecular formula is C12H14O3. The van der Waals surface area contributed by atoms with E-state index >= 15 is 0 Å². The van der Waals surface area contributed by atoms with Gasteiger partial charge in [-0.1, -0.05) is 30.3 Å². The third kappa shape index (κ3) is 4.51. The van der Waals surface area contributed by atoms with Crippen molar-refractivity contribution in [2.24, 2.45) is 0 Å². The van der Waals surface area contributed by atoms with Gasteiger partial charge < -0.3 is 9.53 Å². The molecule has 0 heterocycles. The molecule has 0 bridgehead atoms. The number of Topliss-reactive ketones (excluding diaryl/α,β-unsaturated/α-hetero) is 1. The second-order valence-corrected chi connectivity index (χ2v) is 3.38. The van der Waals surface area contributed by atoms with Crippen LogP contribution in [0.1, 0.15) is 18.9 Å². The van der Waals surface area contributed by atoms with Gasteiger partial charge in [0.2, 0.25) is 0 Å². The van der Waals surface area contributed by atoms with Crippen LogP contribution in [-0.2, 0) is 20.9 Å². The summed E-state index contributed by atoms with van der Waals surface area (Å²) in [4.78, 5) is 21.4. The van der Waals surface area contributed by atoms with E-state index in [9.17, 15) is 9.59 Å². The quantitative estimate of drug-likeness (QED) is 0.666. The van der Waals surface area contributed by atoms with Gasteiger partial charge in [0.25, 0.3) is 0 Å². The lowest BCUT2D eigenvalue weighted by Gasteiger charge is -2.09. The van der Waals surface area contributed by atoms with E-state index in [0.717, 1.165) is 5.56 Å². The highest BCUT2D eigenvalue weighted by atomic mass is 16.5. The Morgan fingerprint density at radius 3 is 2.60 bits per heavy atom. The minimum absolute atomic E-state index is 0.0415. The topological polar surface area (TPSA) is 43.4 Å². The maximum atomic E-state index is 10.8. The highest BCUT2D eigenvalue weighted by Crippen LogP contribution is 2.04. The van der Waals surface area contributed by atoms with Crippen molar-refractivity contribution in [3.63, 3.8) is 0 Å². The fourth-order valence-electron chi connectivity index (χ4n) is 1.21. The predicted octanol–water partition coefficient (Wildman–Crippen LogP) is 1.75. The lowest BCUT2D eigenvalue weighted by atomic mass is 10.2. The molecule has 3 nitrogen and oxygen atoms in total. The third-order valence-corrected chi connectivity index (χ3v) is 1.95. The number of rotatable bonds is 6. The average Bonchev–Trinajstić information content (AvgIpc) is 2.25. The molecule has 80 valence electrons. The molecule has 3 heteroatoms. The number of benzene rings is 1. The summed E-state index contributed by atoms with van der Waals surface area (Å²) in [6, 6.07) is 9.54. The summed E-state index contributed by atoms with van der Waals surface area (Å²) in [5, 5.41) is 0. The molecular weight excluding hydrogens is 192 g/mol. The molecule has 1 aromatic carbocycles. The van der Waals surface area contributed by atoms with Crippen LogP contribution in [0.25, 0.3) is 0 Å². The fraction of sp³-hybridized carbons (Fsp3) is 0.333. The molecule has 1 rings (SSSR count). The number of aldehydes is 1. The molecule has 0 aliphatic heterocycles. The van der Waals surface area contributed by atoms with Crippen LogP contribution in [0.2, 0.25) is 0 Å². The van der Waals surface area contributed by atoms with Crippen LogP contribution >= 0.6 is 0 Å². The minimum atomic E-state index is -0.622. The Kier molecular flexibility index (Phi) is 4.71. The predicted molar refractivity (Wildman–Crippen MR) is 56.4 cm³/mol. The first-order chi connectivity index (χ1) is 7.22. The Hall–Kier alpha value is -1.48. The molecule has 0 amide bonds. The van der Waals surface area contributed by atoms with Gasteiger partial charge in [-0.3, -0.25) is 4.79 Å². The zero-order valence-corrected chi connectivity index (χ0v) is 8.68. The summed E-state index contributed by atoms with van der Waals surface area (Å²) in [6.07, 6.45) is 0.198. The molecule has 0 saturated carbocycles. The zero-order valence-electron chi connectivity index (χ0n) is 8.68. The Morgan fingerprint density at radius 2 is 2.07 bits per heavy atom. The summed E-state index contributed by atoms with van der Waals surface area (Å²) in [6.45, 7) is 1.81. The number of hydrogen-bond donors (Lipinski definition) is 0. The van der Waals surface area contributed by atoms with Crippen LogP contribution in [-0.4, -0.2) is 18.2 Å². The van der Waals surface area contributed by atoms with Gasteiger partial charge in [-0.25, -0.2) is 0 Å². The van der Waals surface area contributed by atoms with Gasteiger partial charge in [0.15, 0.2) is 0 Å². The Bertz CT molecular complexity index is 319. The molecule has 0 fully saturated rings. The third-order valence-electron chi connectivity index (χ3n) is 1.95. The van der Waals surface area contributed by atoms with Crippen LogP contribution in [0.4, 0.5) is 0 Å². The minimum Gasteiger partial charge on any atom is -0.366 e. The maximum absolute atomic E-state index is 10.8. The van der Waals surface area contributed by atoms with E-state index in [2.05, 4.69) is 0 Å². The van der Waals surface area contributed by atoms with Crippen LogP contribution in [0, 0.1) is 0 Å². The average molecular weight is 206 g/mol. The molecule has 0 N–H and O–H groups in total. The normalized spacial score (nSPS) is 12.1. The van der Waals surface area contributed by atoms with Crippen molar-refractivity contribution in [1.29, 1.82) is 0 Å². The first-order valence-electron chi connectivity index (χ1n) is 4.82. The van der Waals surface area contributed by atoms with Gasteiger partial charge >= 0.3 is 0 Å². The van der Waals surface area contributed by atoms with Crippen LogP contribution in [0.15, 0.2) is 30.3 Å². The molecule has 1 atom stereocenters. The van der Waals surface area contributed by atoms with Gasteiger partial charge in [-0.2, -0.15) is 0 Å². The first-order valence-corrected chi connectivity index (χ1v) is 4.82. The summed E-state index contributed by atoms with van der Waals surface area (Å²) in [5.74, 6) is -0.0415. The molecule has 0 radical (unpaired) electrons. The van der Waals surface area contributed by atoms with E-state index in [-0.39, 0.29) is 12.2 Å². The smallest absolute Gasteiger partial charge is 0.149 e. The summed E-state index contributed by atoms with van der Waals surface area (Å²) < 4.78 is 5.30. The molecule has 0 unspecified atom stereocenters.